The fourth-order valence-electron chi connectivity index (χ4n) is 5.86. The predicted octanol–water partition coefficient (Wildman–Crippen LogP) is 5.38. The van der Waals surface area contributed by atoms with Gasteiger partial charge in [0, 0.05) is 37.3 Å². The van der Waals surface area contributed by atoms with Crippen molar-refractivity contribution in [1.29, 1.82) is 0 Å². The van der Waals surface area contributed by atoms with Crippen LogP contribution >= 0.6 is 0 Å². The molecule has 3 aromatic rings. The maximum atomic E-state index is 14.3. The molecule has 1 saturated heterocycles. The molecule has 0 aromatic heterocycles. The van der Waals surface area contributed by atoms with Gasteiger partial charge in [0.2, 0.25) is 5.91 Å². The Morgan fingerprint density at radius 1 is 0.946 bits per heavy atom. The van der Waals surface area contributed by atoms with Crippen molar-refractivity contribution in [3.05, 3.63) is 101 Å². The van der Waals surface area contributed by atoms with E-state index >= 15 is 0 Å². The van der Waals surface area contributed by atoms with Crippen LogP contribution in [0, 0.1) is 11.6 Å². The summed E-state index contributed by atoms with van der Waals surface area (Å²) < 4.78 is 28.3. The first kappa shape index (κ1) is 24.9. The summed E-state index contributed by atoms with van der Waals surface area (Å²) in [5.41, 5.74) is 1.42. The minimum Gasteiger partial charge on any atom is -0.480 e. The maximum Gasteiger partial charge on any atom is 0.329 e. The highest BCUT2D eigenvalue weighted by Crippen LogP contribution is 2.40. The monoisotopic (exact) mass is 504 g/mol. The van der Waals surface area contributed by atoms with Gasteiger partial charge in [-0.25, -0.2) is 13.6 Å². The standard InChI is InChI=1S/C30H30F2N2O3/c1-30(29(36)37)18-23(33-15-9-8-14-22-16-24(31)25(32)17-26(22)33)19-34(30)28(35)27(20-10-4-2-5-11-20)21-12-6-3-7-13-21/h2-7,10-13,16-17,23,27H,8-9,14-15,18-19H2,1H3,(H,36,37)/t23-,30-/m0/s1. The molecule has 37 heavy (non-hydrogen) atoms. The number of aliphatic carboxylic acids is 1. The van der Waals surface area contributed by atoms with Crippen molar-refractivity contribution in [2.75, 3.05) is 18.0 Å². The number of carboxylic acids is 1. The zero-order valence-electron chi connectivity index (χ0n) is 20.7. The molecule has 0 saturated carbocycles. The first-order valence-corrected chi connectivity index (χ1v) is 12.7. The molecule has 2 heterocycles. The fraction of sp³-hybridized carbons (Fsp3) is 0.333. The number of amides is 1. The lowest BCUT2D eigenvalue weighted by atomic mass is 9.88. The third kappa shape index (κ3) is 4.59. The molecule has 3 aromatic carbocycles. The van der Waals surface area contributed by atoms with Gasteiger partial charge in [-0.15, -0.1) is 0 Å². The lowest BCUT2D eigenvalue weighted by Gasteiger charge is -2.34. The van der Waals surface area contributed by atoms with Gasteiger partial charge in [-0.2, -0.15) is 0 Å². The van der Waals surface area contributed by atoms with E-state index in [9.17, 15) is 23.5 Å². The number of carbonyl (C=O) groups is 2. The highest BCUT2D eigenvalue weighted by Gasteiger charge is 2.53. The van der Waals surface area contributed by atoms with E-state index in [0.717, 1.165) is 24.0 Å². The van der Waals surface area contributed by atoms with Crippen LogP contribution in [-0.4, -0.2) is 46.6 Å². The Labute approximate surface area is 215 Å². The summed E-state index contributed by atoms with van der Waals surface area (Å²) in [5.74, 6) is -3.84. The Bertz CT molecular complexity index is 1260. The Hall–Kier alpha value is -3.74. The van der Waals surface area contributed by atoms with Crippen molar-refractivity contribution >= 4 is 17.6 Å². The molecule has 2 aliphatic heterocycles. The summed E-state index contributed by atoms with van der Waals surface area (Å²) in [7, 11) is 0. The average Bonchev–Trinajstić information content (AvgIpc) is 3.13. The topological polar surface area (TPSA) is 60.9 Å². The van der Waals surface area contributed by atoms with Gasteiger partial charge in [-0.3, -0.25) is 4.79 Å². The molecular weight excluding hydrogens is 474 g/mol. The Morgan fingerprint density at radius 3 is 2.14 bits per heavy atom. The highest BCUT2D eigenvalue weighted by molar-refractivity contribution is 5.93. The van der Waals surface area contributed by atoms with Crippen molar-refractivity contribution in [1.82, 2.24) is 4.90 Å². The minimum atomic E-state index is -1.45. The molecule has 1 fully saturated rings. The van der Waals surface area contributed by atoms with E-state index in [4.69, 9.17) is 0 Å². The van der Waals surface area contributed by atoms with Gasteiger partial charge in [0.15, 0.2) is 11.6 Å². The van der Waals surface area contributed by atoms with E-state index in [1.165, 1.54) is 17.0 Å². The van der Waals surface area contributed by atoms with E-state index in [2.05, 4.69) is 0 Å². The molecule has 192 valence electrons. The van der Waals surface area contributed by atoms with Gasteiger partial charge in [-0.1, -0.05) is 60.7 Å². The van der Waals surface area contributed by atoms with Gasteiger partial charge in [0.25, 0.3) is 0 Å². The molecule has 1 amide bonds. The summed E-state index contributed by atoms with van der Waals surface area (Å²) in [5, 5.41) is 10.3. The number of rotatable bonds is 5. The van der Waals surface area contributed by atoms with Crippen molar-refractivity contribution in [2.45, 2.75) is 50.1 Å². The van der Waals surface area contributed by atoms with E-state index in [1.54, 1.807) is 6.92 Å². The van der Waals surface area contributed by atoms with Gasteiger partial charge in [0.1, 0.15) is 5.54 Å². The minimum absolute atomic E-state index is 0.177. The van der Waals surface area contributed by atoms with Gasteiger partial charge >= 0.3 is 5.97 Å². The van der Waals surface area contributed by atoms with Crippen LogP contribution in [0.25, 0.3) is 0 Å². The molecule has 7 heteroatoms. The summed E-state index contributed by atoms with van der Waals surface area (Å²) in [6, 6.07) is 20.8. The fourth-order valence-corrected chi connectivity index (χ4v) is 5.86. The number of likely N-dealkylation sites (tertiary alicyclic amines) is 1. The van der Waals surface area contributed by atoms with Crippen LogP contribution in [0.1, 0.15) is 48.8 Å². The first-order chi connectivity index (χ1) is 17.8. The van der Waals surface area contributed by atoms with Crippen LogP contribution in [0.4, 0.5) is 14.5 Å². The SMILES string of the molecule is C[C@@]1(C(=O)O)C[C@H](N2CCCCc3cc(F)c(F)cc32)CN1C(=O)C(c1ccccc1)c1ccccc1. The molecule has 5 rings (SSSR count). The van der Waals surface area contributed by atoms with Gasteiger partial charge in [-0.05, 0) is 48.9 Å². The molecule has 1 N–H and O–H groups in total. The summed E-state index contributed by atoms with van der Waals surface area (Å²) >= 11 is 0. The molecular formula is C30H30F2N2O3. The summed E-state index contributed by atoms with van der Waals surface area (Å²) in [4.78, 5) is 30.4. The van der Waals surface area contributed by atoms with Gasteiger partial charge in [0.05, 0.1) is 5.92 Å². The molecule has 0 aliphatic carbocycles. The van der Waals surface area contributed by atoms with Crippen LogP contribution < -0.4 is 4.90 Å². The average molecular weight is 505 g/mol. The second kappa shape index (κ2) is 9.96. The second-order valence-corrected chi connectivity index (χ2v) is 10.2. The van der Waals surface area contributed by atoms with Crippen molar-refractivity contribution in [3.8, 4) is 0 Å². The Morgan fingerprint density at radius 2 is 1.54 bits per heavy atom. The summed E-state index contributed by atoms with van der Waals surface area (Å²) in [6.45, 7) is 2.35. The molecule has 2 atom stereocenters. The number of carbonyl (C=O) groups excluding carboxylic acids is 1. The molecule has 0 bridgehead atoms. The van der Waals surface area contributed by atoms with Crippen molar-refractivity contribution in [3.63, 3.8) is 0 Å². The lowest BCUT2D eigenvalue weighted by molar-refractivity contribution is -0.155. The number of carboxylic acid groups (broad SMARTS) is 1. The van der Waals surface area contributed by atoms with Crippen molar-refractivity contribution in [2.24, 2.45) is 0 Å². The van der Waals surface area contributed by atoms with E-state index in [-0.39, 0.29) is 24.9 Å². The van der Waals surface area contributed by atoms with E-state index < -0.39 is 29.1 Å². The first-order valence-electron chi connectivity index (χ1n) is 12.7. The smallest absolute Gasteiger partial charge is 0.329 e. The molecule has 0 spiro atoms. The largest absolute Gasteiger partial charge is 0.480 e. The number of anilines is 1. The van der Waals surface area contributed by atoms with Crippen LogP contribution in [0.15, 0.2) is 72.8 Å². The molecule has 2 aliphatic rings. The van der Waals surface area contributed by atoms with Crippen LogP contribution in [0.3, 0.4) is 0 Å². The second-order valence-electron chi connectivity index (χ2n) is 10.2. The number of fused-ring (bicyclic) bond motifs is 1. The van der Waals surface area contributed by atoms with E-state index in [0.29, 0.717) is 24.2 Å². The Kier molecular flexibility index (Phi) is 6.71. The van der Waals surface area contributed by atoms with Gasteiger partial charge < -0.3 is 14.9 Å². The number of hydrogen-bond donors (Lipinski definition) is 1. The number of halogens is 2. The molecule has 5 nitrogen and oxygen atoms in total. The summed E-state index contributed by atoms with van der Waals surface area (Å²) in [6.07, 6.45) is 2.44. The van der Waals surface area contributed by atoms with Crippen LogP contribution in [0.2, 0.25) is 0 Å². The van der Waals surface area contributed by atoms with Crippen LogP contribution in [0.5, 0.6) is 0 Å². The number of nitrogens with zero attached hydrogens (tertiary/aromatic N) is 2. The lowest BCUT2D eigenvalue weighted by Crippen LogP contribution is -2.52. The third-order valence-corrected chi connectivity index (χ3v) is 7.83. The van der Waals surface area contributed by atoms with Crippen LogP contribution in [-0.2, 0) is 16.0 Å². The number of aryl methyl sites for hydroxylation is 1. The van der Waals surface area contributed by atoms with E-state index in [1.807, 2.05) is 65.6 Å². The molecule has 0 unspecified atom stereocenters. The Balaban J connectivity index is 1.54. The normalized spacial score (nSPS) is 21.6. The maximum absolute atomic E-state index is 14.3. The predicted molar refractivity (Wildman–Crippen MR) is 138 cm³/mol. The third-order valence-electron chi connectivity index (χ3n) is 7.83. The zero-order chi connectivity index (χ0) is 26.2. The van der Waals surface area contributed by atoms with Crippen molar-refractivity contribution < 1.29 is 23.5 Å². The number of hydrogen-bond acceptors (Lipinski definition) is 3. The molecule has 0 radical (unpaired) electrons. The highest BCUT2D eigenvalue weighted by atomic mass is 19.2. The zero-order valence-corrected chi connectivity index (χ0v) is 20.7. The number of benzene rings is 3. The quantitative estimate of drug-likeness (QED) is 0.507.